The van der Waals surface area contributed by atoms with Crippen molar-refractivity contribution >= 4 is 14.1 Å². The van der Waals surface area contributed by atoms with Crippen LogP contribution in [0.2, 0.25) is 18.1 Å². The third-order valence-corrected chi connectivity index (χ3v) is 13.3. The molecule has 0 aromatic heterocycles. The molecule has 2 saturated carbocycles. The molecule has 0 saturated heterocycles. The van der Waals surface area contributed by atoms with Crippen molar-refractivity contribution in [2.24, 2.45) is 29.6 Å². The highest BCUT2D eigenvalue weighted by atomic mass is 28.4. The van der Waals surface area contributed by atoms with Crippen molar-refractivity contribution in [2.45, 2.75) is 111 Å². The molecule has 0 spiro atoms. The van der Waals surface area contributed by atoms with Crippen LogP contribution in [0.5, 0.6) is 0 Å². The van der Waals surface area contributed by atoms with Crippen molar-refractivity contribution in [2.75, 3.05) is 6.61 Å². The molecule has 2 aliphatic carbocycles. The molecule has 2 rings (SSSR count). The van der Waals surface area contributed by atoms with Gasteiger partial charge in [0.2, 0.25) is 0 Å². The predicted octanol–water partition coefficient (Wildman–Crippen LogP) is 6.47. The van der Waals surface area contributed by atoms with Crippen molar-refractivity contribution in [3.05, 3.63) is 0 Å². The van der Waals surface area contributed by atoms with Crippen LogP contribution in [-0.4, -0.2) is 32.4 Å². The molecule has 3 nitrogen and oxygen atoms in total. The fourth-order valence-electron chi connectivity index (χ4n) is 5.79. The van der Waals surface area contributed by atoms with Gasteiger partial charge in [-0.1, -0.05) is 34.6 Å². The van der Waals surface area contributed by atoms with E-state index < -0.39 is 8.32 Å². The predicted molar refractivity (Wildman–Crippen MR) is 120 cm³/mol. The van der Waals surface area contributed by atoms with Crippen LogP contribution in [0.25, 0.3) is 0 Å². The second kappa shape index (κ2) is 9.74. The van der Waals surface area contributed by atoms with Crippen molar-refractivity contribution in [1.82, 2.24) is 0 Å². The summed E-state index contributed by atoms with van der Waals surface area (Å²) < 4.78 is 13.3. The van der Waals surface area contributed by atoms with E-state index in [1.165, 1.54) is 18.1 Å². The van der Waals surface area contributed by atoms with Crippen LogP contribution in [0.3, 0.4) is 0 Å². The summed E-state index contributed by atoms with van der Waals surface area (Å²) >= 11 is 0. The largest absolute Gasteiger partial charge is 0.412 e. The Bertz CT molecular complexity index is 506. The topological polar surface area (TPSA) is 35.5 Å². The van der Waals surface area contributed by atoms with Crippen LogP contribution >= 0.6 is 0 Å². The molecule has 6 atom stereocenters. The van der Waals surface area contributed by atoms with Gasteiger partial charge in [0.15, 0.2) is 8.32 Å². The van der Waals surface area contributed by atoms with Gasteiger partial charge < -0.3 is 9.16 Å². The van der Waals surface area contributed by atoms with E-state index in [1.807, 2.05) is 0 Å². The molecule has 0 bridgehead atoms. The number of ketones is 1. The van der Waals surface area contributed by atoms with Gasteiger partial charge in [0.05, 0.1) is 18.3 Å². The molecule has 0 heterocycles. The van der Waals surface area contributed by atoms with Crippen molar-refractivity contribution in [1.29, 1.82) is 0 Å². The summed E-state index contributed by atoms with van der Waals surface area (Å²) in [6.07, 6.45) is 4.32. The van der Waals surface area contributed by atoms with Crippen LogP contribution < -0.4 is 0 Å². The first kappa shape index (κ1) is 24.1. The molecule has 0 aromatic rings. The first-order valence-electron chi connectivity index (χ1n) is 11.9. The molecule has 0 amide bonds. The van der Waals surface area contributed by atoms with E-state index in [4.69, 9.17) is 9.16 Å². The first-order chi connectivity index (χ1) is 13.1. The SMILES string of the molecule is CC[Si](CC)(CC)OC(C)(C)[C@@H](C)CO[C@H](C)C1CCC2C(=O)CC[C@H](C)C21. The van der Waals surface area contributed by atoms with Gasteiger partial charge in [-0.15, -0.1) is 0 Å². The van der Waals surface area contributed by atoms with Gasteiger partial charge in [-0.25, -0.2) is 0 Å². The fraction of sp³-hybridized carbons (Fsp3) is 0.958. The minimum Gasteiger partial charge on any atom is -0.412 e. The molecule has 164 valence electrons. The van der Waals surface area contributed by atoms with E-state index in [0.717, 1.165) is 32.3 Å². The summed E-state index contributed by atoms with van der Waals surface area (Å²) in [7, 11) is -1.63. The van der Waals surface area contributed by atoms with Gasteiger partial charge in [-0.05, 0) is 75.9 Å². The average Bonchev–Trinajstić information content (AvgIpc) is 3.13. The Morgan fingerprint density at radius 1 is 1.07 bits per heavy atom. The zero-order valence-corrected chi connectivity index (χ0v) is 20.8. The number of ether oxygens (including phenoxy) is 1. The smallest absolute Gasteiger partial charge is 0.192 e. The molecular formula is C24H46O3Si. The Balaban J connectivity index is 1.94. The minimum absolute atomic E-state index is 0.153. The third-order valence-electron chi connectivity index (χ3n) is 8.50. The summed E-state index contributed by atoms with van der Waals surface area (Å²) in [6, 6.07) is 3.55. The highest BCUT2D eigenvalue weighted by molar-refractivity contribution is 6.73. The van der Waals surface area contributed by atoms with E-state index in [0.29, 0.717) is 35.4 Å². The summed E-state index contributed by atoms with van der Waals surface area (Å²) in [5, 5.41) is 0. The molecule has 28 heavy (non-hydrogen) atoms. The van der Waals surface area contributed by atoms with Gasteiger partial charge in [0, 0.05) is 18.3 Å². The number of hydrogen-bond donors (Lipinski definition) is 0. The maximum absolute atomic E-state index is 12.4. The Morgan fingerprint density at radius 2 is 1.68 bits per heavy atom. The monoisotopic (exact) mass is 410 g/mol. The average molecular weight is 411 g/mol. The maximum Gasteiger partial charge on any atom is 0.192 e. The first-order valence-corrected chi connectivity index (χ1v) is 14.5. The summed E-state index contributed by atoms with van der Waals surface area (Å²) in [4.78, 5) is 12.4. The van der Waals surface area contributed by atoms with E-state index in [9.17, 15) is 4.79 Å². The second-order valence-electron chi connectivity index (χ2n) is 10.3. The lowest BCUT2D eigenvalue weighted by atomic mass is 9.70. The molecule has 0 radical (unpaired) electrons. The van der Waals surface area contributed by atoms with Crippen molar-refractivity contribution in [3.8, 4) is 0 Å². The number of Topliss-reactive ketones (excluding diaryl/α,β-unsaturated/α-hetero) is 1. The van der Waals surface area contributed by atoms with Crippen LogP contribution in [-0.2, 0) is 14.0 Å². The molecule has 2 aliphatic rings. The van der Waals surface area contributed by atoms with E-state index in [-0.39, 0.29) is 11.7 Å². The third kappa shape index (κ3) is 5.10. The quantitative estimate of drug-likeness (QED) is 0.387. The molecule has 0 aliphatic heterocycles. The Labute approximate surface area is 175 Å². The number of rotatable bonds is 10. The van der Waals surface area contributed by atoms with Gasteiger partial charge in [-0.3, -0.25) is 4.79 Å². The minimum atomic E-state index is -1.63. The van der Waals surface area contributed by atoms with Crippen molar-refractivity contribution < 1.29 is 14.0 Å². The lowest BCUT2D eigenvalue weighted by molar-refractivity contribution is -0.128. The van der Waals surface area contributed by atoms with Crippen LogP contribution in [0, 0.1) is 29.6 Å². The second-order valence-corrected chi connectivity index (χ2v) is 15.0. The van der Waals surface area contributed by atoms with Gasteiger partial charge in [0.25, 0.3) is 0 Å². The number of carbonyl (C=O) groups is 1. The fourth-order valence-corrected chi connectivity index (χ4v) is 9.04. The molecule has 0 N–H and O–H groups in total. The molecule has 3 unspecified atom stereocenters. The van der Waals surface area contributed by atoms with Gasteiger partial charge >= 0.3 is 0 Å². The Kier molecular flexibility index (Phi) is 8.38. The zero-order valence-electron chi connectivity index (χ0n) is 19.8. The molecule has 2 fully saturated rings. The lowest BCUT2D eigenvalue weighted by Crippen LogP contribution is -2.48. The number of hydrogen-bond acceptors (Lipinski definition) is 3. The Hall–Kier alpha value is -0.193. The molecular weight excluding hydrogens is 364 g/mol. The van der Waals surface area contributed by atoms with Crippen molar-refractivity contribution in [3.63, 3.8) is 0 Å². The van der Waals surface area contributed by atoms with E-state index in [1.54, 1.807) is 0 Å². The normalized spacial score (nSPS) is 30.9. The zero-order chi connectivity index (χ0) is 21.1. The molecule has 0 aromatic carbocycles. The summed E-state index contributed by atoms with van der Waals surface area (Å²) in [6.45, 7) is 19.0. The van der Waals surface area contributed by atoms with Gasteiger partial charge in [-0.2, -0.15) is 0 Å². The van der Waals surface area contributed by atoms with Gasteiger partial charge in [0.1, 0.15) is 5.78 Å². The van der Waals surface area contributed by atoms with Crippen LogP contribution in [0.4, 0.5) is 0 Å². The van der Waals surface area contributed by atoms with E-state index in [2.05, 4.69) is 55.4 Å². The van der Waals surface area contributed by atoms with Crippen LogP contribution in [0.1, 0.15) is 81.1 Å². The standard InChI is InChI=1S/C24H46O3Si/c1-9-28(10-2,11-3)27-24(7,8)18(5)16-26-19(6)20-13-14-21-22(25)15-12-17(4)23(20)21/h17-21,23H,9-16H2,1-8H3/t17-,18-,19+,20?,21?,23?/m0/s1. The summed E-state index contributed by atoms with van der Waals surface area (Å²) in [5.74, 6) is 2.91. The highest BCUT2D eigenvalue weighted by Crippen LogP contribution is 2.49. The number of fused-ring (bicyclic) bond motifs is 1. The Morgan fingerprint density at radius 3 is 2.25 bits per heavy atom. The maximum atomic E-state index is 12.4. The number of carbonyl (C=O) groups excluding carboxylic acids is 1. The molecule has 4 heteroatoms. The lowest BCUT2D eigenvalue weighted by Gasteiger charge is -2.42. The summed E-state index contributed by atoms with van der Waals surface area (Å²) in [5.41, 5.74) is -0.153. The van der Waals surface area contributed by atoms with E-state index >= 15 is 0 Å². The highest BCUT2D eigenvalue weighted by Gasteiger charge is 2.47. The van der Waals surface area contributed by atoms with Crippen LogP contribution in [0.15, 0.2) is 0 Å².